The van der Waals surface area contributed by atoms with Crippen LogP contribution >= 0.6 is 0 Å². The predicted octanol–water partition coefficient (Wildman–Crippen LogP) is 1.27. The van der Waals surface area contributed by atoms with Gasteiger partial charge in [0.2, 0.25) is 5.91 Å². The van der Waals surface area contributed by atoms with Crippen LogP contribution in [0.2, 0.25) is 0 Å². The minimum Gasteiger partial charge on any atom is -0.497 e. The van der Waals surface area contributed by atoms with Crippen molar-refractivity contribution in [2.45, 2.75) is 37.6 Å². The van der Waals surface area contributed by atoms with E-state index in [4.69, 9.17) is 15.2 Å². The van der Waals surface area contributed by atoms with Crippen LogP contribution < -0.4 is 10.5 Å². The van der Waals surface area contributed by atoms with Crippen LogP contribution in [0.3, 0.4) is 0 Å². The van der Waals surface area contributed by atoms with Crippen LogP contribution in [-0.2, 0) is 28.2 Å². The third-order valence-corrected chi connectivity index (χ3v) is 5.37. The van der Waals surface area contributed by atoms with E-state index in [-0.39, 0.29) is 0 Å². The van der Waals surface area contributed by atoms with E-state index in [1.807, 2.05) is 22.9 Å². The number of carbonyl (C=O) groups excluding carboxylic acids is 1. The predicted molar refractivity (Wildman–Crippen MR) is 95.5 cm³/mol. The summed E-state index contributed by atoms with van der Waals surface area (Å²) in [6, 6.07) is 8.14. The number of nitrogens with two attached hydrogens (primary N) is 1. The molecular formula is C19H24N4O3. The topological polar surface area (TPSA) is 82.6 Å². The summed E-state index contributed by atoms with van der Waals surface area (Å²) in [5, 5.41) is 0. The highest BCUT2D eigenvalue weighted by molar-refractivity contribution is 5.79. The van der Waals surface area contributed by atoms with Gasteiger partial charge in [0.25, 0.3) is 0 Å². The molecule has 1 unspecified atom stereocenters. The summed E-state index contributed by atoms with van der Waals surface area (Å²) in [6.45, 7) is 3.05. The van der Waals surface area contributed by atoms with E-state index in [0.717, 1.165) is 44.0 Å². The maximum atomic E-state index is 11.7. The molecule has 0 aliphatic carbocycles. The molecule has 0 bridgehead atoms. The third-order valence-electron chi connectivity index (χ3n) is 5.37. The second-order valence-electron chi connectivity index (χ2n) is 7.03. The number of likely N-dealkylation sites (tertiary alicyclic amines) is 1. The lowest BCUT2D eigenvalue weighted by Gasteiger charge is -2.45. The third kappa shape index (κ3) is 3.08. The van der Waals surface area contributed by atoms with Crippen molar-refractivity contribution in [2.24, 2.45) is 5.73 Å². The molecule has 4 rings (SSSR count). The molecule has 1 fully saturated rings. The molecule has 1 atom stereocenters. The molecule has 2 N–H and O–H groups in total. The second-order valence-corrected chi connectivity index (χ2v) is 7.03. The number of hydrogen-bond donors (Lipinski definition) is 1. The molecule has 26 heavy (non-hydrogen) atoms. The number of rotatable bonds is 4. The quantitative estimate of drug-likeness (QED) is 0.892. The summed E-state index contributed by atoms with van der Waals surface area (Å²) in [5.74, 6) is 1.37. The number of aromatic nitrogens is 2. The smallest absolute Gasteiger partial charge is 0.248 e. The molecule has 1 aromatic heterocycles. The summed E-state index contributed by atoms with van der Waals surface area (Å²) >= 11 is 0. The van der Waals surface area contributed by atoms with Crippen LogP contribution in [0.1, 0.15) is 24.2 Å². The van der Waals surface area contributed by atoms with Crippen LogP contribution in [0.4, 0.5) is 0 Å². The highest BCUT2D eigenvalue weighted by Crippen LogP contribution is 2.40. The van der Waals surface area contributed by atoms with Gasteiger partial charge in [0.1, 0.15) is 17.2 Å². The van der Waals surface area contributed by atoms with E-state index in [0.29, 0.717) is 6.54 Å². The monoisotopic (exact) mass is 356 g/mol. The summed E-state index contributed by atoms with van der Waals surface area (Å²) in [7, 11) is 1.68. The first kappa shape index (κ1) is 17.1. The highest BCUT2D eigenvalue weighted by atomic mass is 16.5. The van der Waals surface area contributed by atoms with Gasteiger partial charge in [-0.2, -0.15) is 0 Å². The SMILES string of the molecule is COc1cccc(CN2CCC3(CC2)OC(C(N)=O)Cn2ccnc23)c1. The van der Waals surface area contributed by atoms with Crippen LogP contribution in [0.25, 0.3) is 0 Å². The Morgan fingerprint density at radius 2 is 2.23 bits per heavy atom. The normalized spacial score (nSPS) is 22.1. The van der Waals surface area contributed by atoms with Crippen molar-refractivity contribution in [3.63, 3.8) is 0 Å². The number of amides is 1. The van der Waals surface area contributed by atoms with Gasteiger partial charge in [-0.3, -0.25) is 9.69 Å². The number of hydrogen-bond acceptors (Lipinski definition) is 5. The van der Waals surface area contributed by atoms with Gasteiger partial charge < -0.3 is 19.8 Å². The van der Waals surface area contributed by atoms with Gasteiger partial charge in [-0.1, -0.05) is 12.1 Å². The summed E-state index contributed by atoms with van der Waals surface area (Å²) in [6.07, 6.45) is 4.65. The molecular weight excluding hydrogens is 332 g/mol. The first-order valence-corrected chi connectivity index (χ1v) is 8.94. The van der Waals surface area contributed by atoms with Gasteiger partial charge >= 0.3 is 0 Å². The number of methoxy groups -OCH3 is 1. The van der Waals surface area contributed by atoms with Crippen molar-refractivity contribution in [1.82, 2.24) is 14.5 Å². The van der Waals surface area contributed by atoms with E-state index in [1.165, 1.54) is 5.56 Å². The van der Waals surface area contributed by atoms with Gasteiger partial charge in [-0.25, -0.2) is 4.98 Å². The first-order valence-electron chi connectivity index (χ1n) is 8.94. The lowest BCUT2D eigenvalue weighted by Crippen LogP contribution is -2.53. The number of imidazole rings is 1. The fourth-order valence-electron chi connectivity index (χ4n) is 3.99. The number of fused-ring (bicyclic) bond motifs is 2. The molecule has 138 valence electrons. The van der Waals surface area contributed by atoms with Crippen molar-refractivity contribution in [3.8, 4) is 5.75 Å². The molecule has 0 saturated carbocycles. The standard InChI is InChI=1S/C19H24N4O3/c1-25-15-4-2-3-14(11-15)12-22-8-5-19(6-9-22)18-21-7-10-23(18)13-16(26-19)17(20)24/h2-4,7,10-11,16H,5-6,8-9,12-13H2,1H3,(H2,20,24). The molecule has 1 amide bonds. The zero-order chi connectivity index (χ0) is 18.1. The van der Waals surface area contributed by atoms with E-state index >= 15 is 0 Å². The fraction of sp³-hybridized carbons (Fsp3) is 0.474. The van der Waals surface area contributed by atoms with Gasteiger partial charge in [-0.05, 0) is 30.5 Å². The summed E-state index contributed by atoms with van der Waals surface area (Å²) in [4.78, 5) is 18.6. The van der Waals surface area contributed by atoms with Crippen LogP contribution in [-0.4, -0.2) is 46.7 Å². The molecule has 3 heterocycles. The molecule has 1 saturated heterocycles. The van der Waals surface area contributed by atoms with Crippen molar-refractivity contribution in [3.05, 3.63) is 48.0 Å². The van der Waals surface area contributed by atoms with E-state index in [1.54, 1.807) is 13.3 Å². The Balaban J connectivity index is 1.48. The molecule has 2 aromatic rings. The van der Waals surface area contributed by atoms with Crippen LogP contribution in [0, 0.1) is 0 Å². The lowest BCUT2D eigenvalue weighted by molar-refractivity contribution is -0.171. The highest BCUT2D eigenvalue weighted by Gasteiger charge is 2.46. The van der Waals surface area contributed by atoms with Gasteiger partial charge in [0.05, 0.1) is 13.7 Å². The van der Waals surface area contributed by atoms with Crippen LogP contribution in [0.5, 0.6) is 5.75 Å². The Hall–Kier alpha value is -2.38. The first-order chi connectivity index (χ1) is 12.6. The average molecular weight is 356 g/mol. The Morgan fingerprint density at radius 3 is 2.96 bits per heavy atom. The Labute approximate surface area is 152 Å². The summed E-state index contributed by atoms with van der Waals surface area (Å²) in [5.41, 5.74) is 6.22. The van der Waals surface area contributed by atoms with E-state index in [2.05, 4.69) is 22.0 Å². The van der Waals surface area contributed by atoms with Gasteiger partial charge in [0, 0.05) is 32.0 Å². The van der Waals surface area contributed by atoms with Crippen molar-refractivity contribution in [2.75, 3.05) is 20.2 Å². The number of nitrogens with zero attached hydrogens (tertiary/aromatic N) is 3. The van der Waals surface area contributed by atoms with E-state index < -0.39 is 17.6 Å². The average Bonchev–Trinajstić information content (AvgIpc) is 3.13. The summed E-state index contributed by atoms with van der Waals surface area (Å²) < 4.78 is 13.5. The lowest BCUT2D eigenvalue weighted by atomic mass is 9.88. The van der Waals surface area contributed by atoms with Crippen molar-refractivity contribution in [1.29, 1.82) is 0 Å². The minimum atomic E-state index is -0.596. The van der Waals surface area contributed by atoms with Gasteiger partial charge in [0.15, 0.2) is 6.10 Å². The second kappa shape index (κ2) is 6.74. The molecule has 7 heteroatoms. The molecule has 7 nitrogen and oxygen atoms in total. The maximum absolute atomic E-state index is 11.7. The Morgan fingerprint density at radius 1 is 1.42 bits per heavy atom. The molecule has 1 aromatic carbocycles. The largest absolute Gasteiger partial charge is 0.497 e. The minimum absolute atomic E-state index is 0.414. The molecule has 0 radical (unpaired) electrons. The number of carbonyl (C=O) groups is 1. The number of ether oxygens (including phenoxy) is 2. The number of benzene rings is 1. The Bertz CT molecular complexity index is 796. The van der Waals surface area contributed by atoms with Crippen LogP contribution in [0.15, 0.2) is 36.7 Å². The zero-order valence-electron chi connectivity index (χ0n) is 14.9. The fourth-order valence-corrected chi connectivity index (χ4v) is 3.99. The molecule has 2 aliphatic rings. The zero-order valence-corrected chi connectivity index (χ0v) is 14.9. The Kier molecular flexibility index (Phi) is 4.42. The maximum Gasteiger partial charge on any atom is 0.248 e. The molecule has 1 spiro atoms. The van der Waals surface area contributed by atoms with Crippen molar-refractivity contribution >= 4 is 5.91 Å². The van der Waals surface area contributed by atoms with Crippen molar-refractivity contribution < 1.29 is 14.3 Å². The van der Waals surface area contributed by atoms with E-state index in [9.17, 15) is 4.79 Å². The van der Waals surface area contributed by atoms with Gasteiger partial charge in [-0.15, -0.1) is 0 Å². The molecule has 2 aliphatic heterocycles. The number of primary amides is 1. The number of piperidine rings is 1.